The monoisotopic (exact) mass is 550 g/mol. The van der Waals surface area contributed by atoms with Crippen LogP contribution in [-0.2, 0) is 9.59 Å². The molecule has 0 radical (unpaired) electrons. The molecule has 1 atom stereocenters. The third kappa shape index (κ3) is 5.15. The average molecular weight is 551 g/mol. The van der Waals surface area contributed by atoms with E-state index in [1.165, 1.54) is 24.3 Å². The second-order valence-corrected chi connectivity index (χ2v) is 11.4. The Morgan fingerprint density at radius 1 is 1.00 bits per heavy atom. The molecule has 0 spiro atoms. The van der Waals surface area contributed by atoms with Gasteiger partial charge in [-0.05, 0) is 76.2 Å². The Balaban J connectivity index is 1.32. The van der Waals surface area contributed by atoms with Gasteiger partial charge in [0.1, 0.15) is 5.82 Å². The van der Waals surface area contributed by atoms with E-state index in [2.05, 4.69) is 48.7 Å². The molecule has 41 heavy (non-hydrogen) atoms. The van der Waals surface area contributed by atoms with Crippen LogP contribution < -0.4 is 20.1 Å². The van der Waals surface area contributed by atoms with Crippen LogP contribution in [0.3, 0.4) is 0 Å². The Morgan fingerprint density at radius 3 is 2.56 bits per heavy atom. The predicted molar refractivity (Wildman–Crippen MR) is 159 cm³/mol. The number of nitrogens with one attached hydrogen (secondary N) is 2. The molecular weight excluding hydrogens is 519 g/mol. The number of fused-ring (bicyclic) bond motifs is 4. The van der Waals surface area contributed by atoms with Crippen LogP contribution in [0, 0.1) is 11.2 Å². The minimum atomic E-state index is -0.384. The summed E-state index contributed by atoms with van der Waals surface area (Å²) < 4.78 is 24.6. The molecule has 0 saturated heterocycles. The van der Waals surface area contributed by atoms with Crippen LogP contribution in [-0.4, -0.2) is 25.4 Å². The molecule has 2 N–H and O–H groups in total. The number of ketones is 1. The zero-order chi connectivity index (χ0) is 28.7. The number of allylic oxidation sites excluding steroid dienone is 1. The van der Waals surface area contributed by atoms with Gasteiger partial charge in [-0.25, -0.2) is 4.39 Å². The summed E-state index contributed by atoms with van der Waals surface area (Å²) in [5, 5.41) is 8.60. The molecule has 0 unspecified atom stereocenters. The molecule has 208 valence electrons. The quantitative estimate of drug-likeness (QED) is 0.263. The molecule has 0 saturated carbocycles. The van der Waals surface area contributed by atoms with E-state index in [0.717, 1.165) is 45.2 Å². The number of benzene rings is 4. The summed E-state index contributed by atoms with van der Waals surface area (Å²) in [4.78, 5) is 26.1. The van der Waals surface area contributed by atoms with E-state index in [-0.39, 0.29) is 35.6 Å². The number of methoxy groups -OCH3 is 1. The maximum Gasteiger partial charge on any atom is 0.262 e. The van der Waals surface area contributed by atoms with Crippen LogP contribution in [0.15, 0.2) is 84.4 Å². The number of Topliss-reactive ketones (excluding diaryl/α,β-unsaturated/α-hetero) is 1. The summed E-state index contributed by atoms with van der Waals surface area (Å²) in [7, 11) is 1.54. The van der Waals surface area contributed by atoms with E-state index in [1.54, 1.807) is 13.2 Å². The number of hydrogen-bond donors (Lipinski definition) is 2. The predicted octanol–water partition coefficient (Wildman–Crippen LogP) is 7.31. The Hall–Kier alpha value is -4.65. The summed E-state index contributed by atoms with van der Waals surface area (Å²) in [6.45, 7) is 4.05. The van der Waals surface area contributed by atoms with Gasteiger partial charge in [0.25, 0.3) is 5.91 Å². The van der Waals surface area contributed by atoms with Crippen LogP contribution in [0.4, 0.5) is 15.8 Å². The van der Waals surface area contributed by atoms with Gasteiger partial charge in [-0.2, -0.15) is 0 Å². The number of carbonyl (C=O) groups is 2. The molecule has 6 rings (SSSR count). The number of carbonyl (C=O) groups excluding carboxylic acids is 2. The van der Waals surface area contributed by atoms with Gasteiger partial charge in [-0.3, -0.25) is 9.59 Å². The molecule has 0 aromatic heterocycles. The Morgan fingerprint density at radius 2 is 1.78 bits per heavy atom. The molecule has 0 bridgehead atoms. The fourth-order valence-corrected chi connectivity index (χ4v) is 5.94. The maximum atomic E-state index is 13.7. The van der Waals surface area contributed by atoms with E-state index in [4.69, 9.17) is 9.47 Å². The van der Waals surface area contributed by atoms with E-state index >= 15 is 0 Å². The fraction of sp³-hybridized carbons (Fsp3) is 0.235. The van der Waals surface area contributed by atoms with Crippen molar-refractivity contribution >= 4 is 39.4 Å². The molecule has 1 aliphatic heterocycles. The van der Waals surface area contributed by atoms with Crippen molar-refractivity contribution in [1.29, 1.82) is 0 Å². The Bertz CT molecular complexity index is 1710. The Labute approximate surface area is 238 Å². The lowest BCUT2D eigenvalue weighted by molar-refractivity contribution is -0.118. The fourth-order valence-electron chi connectivity index (χ4n) is 5.94. The minimum absolute atomic E-state index is 0.143. The van der Waals surface area contributed by atoms with Crippen molar-refractivity contribution in [3.05, 3.63) is 101 Å². The molecule has 4 aromatic rings. The molecule has 2 aliphatic rings. The normalized spacial score (nSPS) is 17.4. The first-order chi connectivity index (χ1) is 19.7. The van der Waals surface area contributed by atoms with Crippen molar-refractivity contribution in [3.8, 4) is 11.5 Å². The second-order valence-electron chi connectivity index (χ2n) is 11.4. The number of ether oxygens (including phenoxy) is 2. The van der Waals surface area contributed by atoms with Crippen molar-refractivity contribution in [1.82, 2.24) is 0 Å². The lowest BCUT2D eigenvalue weighted by Crippen LogP contribution is -2.33. The van der Waals surface area contributed by atoms with Gasteiger partial charge in [0, 0.05) is 28.9 Å². The highest BCUT2D eigenvalue weighted by molar-refractivity contribution is 6.12. The topological polar surface area (TPSA) is 76.7 Å². The van der Waals surface area contributed by atoms with Crippen molar-refractivity contribution in [2.45, 2.75) is 32.7 Å². The van der Waals surface area contributed by atoms with E-state index in [1.807, 2.05) is 24.3 Å². The molecule has 7 heteroatoms. The molecule has 4 aromatic carbocycles. The van der Waals surface area contributed by atoms with Gasteiger partial charge in [-0.15, -0.1) is 0 Å². The summed E-state index contributed by atoms with van der Waals surface area (Å²) in [6, 6.07) is 23.2. The second kappa shape index (κ2) is 10.4. The van der Waals surface area contributed by atoms with E-state index in [9.17, 15) is 14.0 Å². The average Bonchev–Trinajstić information content (AvgIpc) is 2.95. The Kier molecular flexibility index (Phi) is 6.73. The lowest BCUT2D eigenvalue weighted by atomic mass is 9.68. The highest BCUT2D eigenvalue weighted by Crippen LogP contribution is 2.52. The largest absolute Gasteiger partial charge is 0.493 e. The molecule has 0 fully saturated rings. The zero-order valence-electron chi connectivity index (χ0n) is 23.2. The van der Waals surface area contributed by atoms with Gasteiger partial charge in [0.2, 0.25) is 0 Å². The van der Waals surface area contributed by atoms with Gasteiger partial charge < -0.3 is 20.1 Å². The highest BCUT2D eigenvalue weighted by Gasteiger charge is 2.41. The highest BCUT2D eigenvalue weighted by atomic mass is 19.1. The third-order valence-electron chi connectivity index (χ3n) is 7.75. The molecule has 1 amide bonds. The van der Waals surface area contributed by atoms with Crippen molar-refractivity contribution in [2.24, 2.45) is 5.41 Å². The number of hydrogen-bond acceptors (Lipinski definition) is 5. The third-order valence-corrected chi connectivity index (χ3v) is 7.75. The SMILES string of the molecule is COc1cc([C@H]2Nc3ccc4ccccc4c3C3=C2C(=O)CC(C)(C)C3)ccc1OCC(=O)Nc1ccc(F)cc1. The van der Waals surface area contributed by atoms with E-state index < -0.39 is 0 Å². The molecule has 1 heterocycles. The first-order valence-corrected chi connectivity index (χ1v) is 13.6. The zero-order valence-corrected chi connectivity index (χ0v) is 23.2. The number of halogens is 1. The number of rotatable bonds is 6. The minimum Gasteiger partial charge on any atom is -0.493 e. The van der Waals surface area contributed by atoms with Gasteiger partial charge in [-0.1, -0.05) is 50.2 Å². The number of anilines is 2. The summed E-state index contributed by atoms with van der Waals surface area (Å²) in [6.07, 6.45) is 1.28. The number of amides is 1. The van der Waals surface area contributed by atoms with Crippen molar-refractivity contribution in [3.63, 3.8) is 0 Å². The van der Waals surface area contributed by atoms with Gasteiger partial charge in [0.15, 0.2) is 23.9 Å². The van der Waals surface area contributed by atoms with Crippen LogP contribution in [0.1, 0.15) is 43.9 Å². The van der Waals surface area contributed by atoms with Gasteiger partial charge >= 0.3 is 0 Å². The smallest absolute Gasteiger partial charge is 0.262 e. The van der Waals surface area contributed by atoms with Crippen LogP contribution in [0.25, 0.3) is 16.3 Å². The lowest BCUT2D eigenvalue weighted by Gasteiger charge is -2.40. The van der Waals surface area contributed by atoms with Crippen molar-refractivity contribution in [2.75, 3.05) is 24.4 Å². The molecular formula is C34H31FN2O4. The first kappa shape index (κ1) is 26.6. The molecule has 1 aliphatic carbocycles. The molecule has 6 nitrogen and oxygen atoms in total. The van der Waals surface area contributed by atoms with Crippen molar-refractivity contribution < 1.29 is 23.5 Å². The van der Waals surface area contributed by atoms with E-state index in [0.29, 0.717) is 23.6 Å². The van der Waals surface area contributed by atoms with Crippen LogP contribution in [0.2, 0.25) is 0 Å². The van der Waals surface area contributed by atoms with Crippen LogP contribution in [0.5, 0.6) is 11.5 Å². The van der Waals surface area contributed by atoms with Gasteiger partial charge in [0.05, 0.1) is 13.2 Å². The maximum absolute atomic E-state index is 13.7. The standard InChI is InChI=1S/C34H31FN2O4/c1-34(2)17-25-31-24-7-5-4-6-20(24)8-14-26(31)37-33(32(25)27(38)18-34)21-9-15-28(29(16-21)40-3)41-19-30(39)36-23-12-10-22(35)11-13-23/h4-16,33,37H,17-19H2,1-3H3,(H,36,39)/t33-/m1/s1. The summed E-state index contributed by atoms with van der Waals surface area (Å²) in [5.41, 5.74) is 5.19. The first-order valence-electron chi connectivity index (χ1n) is 13.6. The summed E-state index contributed by atoms with van der Waals surface area (Å²) >= 11 is 0. The van der Waals surface area contributed by atoms with Crippen LogP contribution >= 0.6 is 0 Å². The summed E-state index contributed by atoms with van der Waals surface area (Å²) in [5.74, 6) is 0.233.